The van der Waals surface area contributed by atoms with Crippen molar-refractivity contribution in [2.24, 2.45) is 4.99 Å². The molecule has 108 valence electrons. The summed E-state index contributed by atoms with van der Waals surface area (Å²) in [7, 11) is -4.18. The van der Waals surface area contributed by atoms with E-state index in [0.717, 1.165) is 16.8 Å². The van der Waals surface area contributed by atoms with E-state index < -0.39 is 10.1 Å². The van der Waals surface area contributed by atoms with E-state index >= 15 is 0 Å². The zero-order chi connectivity index (χ0) is 15.3. The summed E-state index contributed by atoms with van der Waals surface area (Å²) < 4.78 is 31.1. The molecular weight excluding hydrogens is 286 g/mol. The SMILES string of the molecule is C=CC/N=C(/c1ccccc1)c1ccc(S(=O)(=O)O)cc1. The maximum absolute atomic E-state index is 11.1. The van der Waals surface area contributed by atoms with Gasteiger partial charge in [-0.25, -0.2) is 0 Å². The zero-order valence-corrected chi connectivity index (χ0v) is 12.1. The summed E-state index contributed by atoms with van der Waals surface area (Å²) in [4.78, 5) is 4.32. The highest BCUT2D eigenvalue weighted by Gasteiger charge is 2.11. The normalized spacial score (nSPS) is 12.1. The van der Waals surface area contributed by atoms with E-state index in [9.17, 15) is 8.42 Å². The molecule has 0 aliphatic rings. The molecule has 2 aromatic carbocycles. The average molecular weight is 301 g/mol. The van der Waals surface area contributed by atoms with Crippen molar-refractivity contribution in [1.29, 1.82) is 0 Å². The van der Waals surface area contributed by atoms with Crippen molar-refractivity contribution >= 4 is 15.8 Å². The third-order valence-electron chi connectivity index (χ3n) is 2.85. The molecule has 4 nitrogen and oxygen atoms in total. The van der Waals surface area contributed by atoms with Crippen LogP contribution in [0.25, 0.3) is 0 Å². The lowest BCUT2D eigenvalue weighted by atomic mass is 10.0. The van der Waals surface area contributed by atoms with Gasteiger partial charge in [0.05, 0.1) is 17.2 Å². The van der Waals surface area contributed by atoms with Crippen molar-refractivity contribution in [3.8, 4) is 0 Å². The van der Waals surface area contributed by atoms with E-state index in [-0.39, 0.29) is 4.90 Å². The van der Waals surface area contributed by atoms with Gasteiger partial charge in [-0.1, -0.05) is 48.5 Å². The van der Waals surface area contributed by atoms with E-state index in [2.05, 4.69) is 11.6 Å². The van der Waals surface area contributed by atoms with Crippen LogP contribution < -0.4 is 0 Å². The Kier molecular flexibility index (Phi) is 4.67. The third kappa shape index (κ3) is 3.87. The number of benzene rings is 2. The van der Waals surface area contributed by atoms with Crippen molar-refractivity contribution < 1.29 is 13.0 Å². The quantitative estimate of drug-likeness (QED) is 0.524. The van der Waals surface area contributed by atoms with Crippen LogP contribution >= 0.6 is 0 Å². The maximum atomic E-state index is 11.1. The summed E-state index contributed by atoms with van der Waals surface area (Å²) in [6, 6.07) is 15.5. The fourth-order valence-corrected chi connectivity index (χ4v) is 2.37. The molecule has 0 aliphatic carbocycles. The van der Waals surface area contributed by atoms with E-state index in [1.54, 1.807) is 18.2 Å². The molecule has 0 spiro atoms. The van der Waals surface area contributed by atoms with Gasteiger partial charge in [0.25, 0.3) is 10.1 Å². The predicted octanol–water partition coefficient (Wildman–Crippen LogP) is 2.96. The highest BCUT2D eigenvalue weighted by atomic mass is 32.2. The van der Waals surface area contributed by atoms with Gasteiger partial charge in [-0.05, 0) is 12.1 Å². The van der Waals surface area contributed by atoms with E-state index in [0.29, 0.717) is 6.54 Å². The molecule has 2 rings (SSSR count). The molecule has 5 heteroatoms. The van der Waals surface area contributed by atoms with Crippen molar-refractivity contribution in [3.05, 3.63) is 78.4 Å². The average Bonchev–Trinajstić information content (AvgIpc) is 2.48. The number of aliphatic imine (C=N–C) groups is 1. The molecule has 0 atom stereocenters. The van der Waals surface area contributed by atoms with Crippen LogP contribution in [0.5, 0.6) is 0 Å². The molecule has 0 aromatic heterocycles. The first kappa shape index (κ1) is 15.2. The van der Waals surface area contributed by atoms with Gasteiger partial charge in [-0.3, -0.25) is 9.55 Å². The van der Waals surface area contributed by atoms with Crippen molar-refractivity contribution in [2.45, 2.75) is 4.90 Å². The number of hydrogen-bond donors (Lipinski definition) is 1. The van der Waals surface area contributed by atoms with Crippen LogP contribution in [-0.4, -0.2) is 25.2 Å². The van der Waals surface area contributed by atoms with Gasteiger partial charge in [0.1, 0.15) is 0 Å². The van der Waals surface area contributed by atoms with Crippen molar-refractivity contribution in [2.75, 3.05) is 6.54 Å². The molecular formula is C16H15NO3S. The summed E-state index contributed by atoms with van der Waals surface area (Å²) in [6.45, 7) is 4.11. The van der Waals surface area contributed by atoms with Crippen LogP contribution in [-0.2, 0) is 10.1 Å². The summed E-state index contributed by atoms with van der Waals surface area (Å²) in [5.74, 6) is 0. The fourth-order valence-electron chi connectivity index (χ4n) is 1.89. The second-order valence-electron chi connectivity index (χ2n) is 4.34. The van der Waals surface area contributed by atoms with Crippen LogP contribution in [0.3, 0.4) is 0 Å². The van der Waals surface area contributed by atoms with Crippen LogP contribution in [0, 0.1) is 0 Å². The van der Waals surface area contributed by atoms with Gasteiger partial charge in [-0.2, -0.15) is 8.42 Å². The van der Waals surface area contributed by atoms with Crippen LogP contribution in [0.4, 0.5) is 0 Å². The predicted molar refractivity (Wildman–Crippen MR) is 83.4 cm³/mol. The molecule has 0 heterocycles. The van der Waals surface area contributed by atoms with E-state index in [1.807, 2.05) is 30.3 Å². The summed E-state index contributed by atoms with van der Waals surface area (Å²) in [5, 5.41) is 0. The Hall–Kier alpha value is -2.24. The Morgan fingerprint density at radius 2 is 1.62 bits per heavy atom. The maximum Gasteiger partial charge on any atom is 0.294 e. The lowest BCUT2D eigenvalue weighted by Crippen LogP contribution is -2.05. The molecule has 0 saturated heterocycles. The lowest BCUT2D eigenvalue weighted by Gasteiger charge is -2.07. The Morgan fingerprint density at radius 1 is 1.05 bits per heavy atom. The molecule has 0 aliphatic heterocycles. The molecule has 0 radical (unpaired) electrons. The largest absolute Gasteiger partial charge is 0.294 e. The van der Waals surface area contributed by atoms with Crippen LogP contribution in [0.2, 0.25) is 0 Å². The third-order valence-corrected chi connectivity index (χ3v) is 3.72. The van der Waals surface area contributed by atoms with Gasteiger partial charge < -0.3 is 0 Å². The molecule has 1 N–H and O–H groups in total. The van der Waals surface area contributed by atoms with Gasteiger partial charge in [0.15, 0.2) is 0 Å². The lowest BCUT2D eigenvalue weighted by molar-refractivity contribution is 0.483. The minimum Gasteiger partial charge on any atom is -0.282 e. The standard InChI is InChI=1S/C16H15NO3S/c1-2-12-17-16(13-6-4-3-5-7-13)14-8-10-15(11-9-14)21(18,19)20/h2-11H,1,12H2,(H,18,19,20)/b17-16-. The topological polar surface area (TPSA) is 66.7 Å². The highest BCUT2D eigenvalue weighted by molar-refractivity contribution is 7.85. The highest BCUT2D eigenvalue weighted by Crippen LogP contribution is 2.15. The first-order chi connectivity index (χ1) is 10.0. The number of nitrogens with zero attached hydrogens (tertiary/aromatic N) is 1. The van der Waals surface area contributed by atoms with Gasteiger partial charge in [0, 0.05) is 11.1 Å². The van der Waals surface area contributed by atoms with Crippen LogP contribution in [0.15, 0.2) is 77.1 Å². The molecule has 0 saturated carbocycles. The summed E-state index contributed by atoms with van der Waals surface area (Å²) in [5.41, 5.74) is 2.45. The number of rotatable bonds is 5. The van der Waals surface area contributed by atoms with Gasteiger partial charge >= 0.3 is 0 Å². The Balaban J connectivity index is 2.45. The van der Waals surface area contributed by atoms with E-state index in [4.69, 9.17) is 4.55 Å². The summed E-state index contributed by atoms with van der Waals surface area (Å²) in [6.07, 6.45) is 1.69. The molecule has 0 bridgehead atoms. The Labute approximate surface area is 124 Å². The molecule has 0 fully saturated rings. The van der Waals surface area contributed by atoms with E-state index in [1.165, 1.54) is 12.1 Å². The molecule has 21 heavy (non-hydrogen) atoms. The minimum absolute atomic E-state index is 0.137. The van der Waals surface area contributed by atoms with Crippen molar-refractivity contribution in [1.82, 2.24) is 0 Å². The van der Waals surface area contributed by atoms with Gasteiger partial charge in [-0.15, -0.1) is 6.58 Å². The first-order valence-electron chi connectivity index (χ1n) is 6.31. The smallest absolute Gasteiger partial charge is 0.282 e. The Morgan fingerprint density at radius 3 is 2.14 bits per heavy atom. The molecule has 0 amide bonds. The van der Waals surface area contributed by atoms with Gasteiger partial charge in [0.2, 0.25) is 0 Å². The fraction of sp³-hybridized carbons (Fsp3) is 0.0625. The first-order valence-corrected chi connectivity index (χ1v) is 7.75. The van der Waals surface area contributed by atoms with Crippen LogP contribution in [0.1, 0.15) is 11.1 Å². The Bertz CT molecular complexity index is 748. The summed E-state index contributed by atoms with van der Waals surface area (Å²) >= 11 is 0. The zero-order valence-electron chi connectivity index (χ0n) is 11.3. The second kappa shape index (κ2) is 6.47. The minimum atomic E-state index is -4.18. The van der Waals surface area contributed by atoms with Crippen molar-refractivity contribution in [3.63, 3.8) is 0 Å². The molecule has 2 aromatic rings. The molecule has 0 unspecified atom stereocenters. The monoisotopic (exact) mass is 301 g/mol. The number of hydrogen-bond acceptors (Lipinski definition) is 3. The second-order valence-corrected chi connectivity index (χ2v) is 5.76.